The molecule has 2 aromatic carbocycles. The van der Waals surface area contributed by atoms with Gasteiger partial charge in [0.05, 0.1) is 17.8 Å². The van der Waals surface area contributed by atoms with E-state index in [1.807, 2.05) is 65.7 Å². The molecule has 0 bridgehead atoms. The van der Waals surface area contributed by atoms with Gasteiger partial charge in [0.25, 0.3) is 5.91 Å². The van der Waals surface area contributed by atoms with Gasteiger partial charge in [0.15, 0.2) is 0 Å². The first-order chi connectivity index (χ1) is 11.6. The van der Waals surface area contributed by atoms with Crippen molar-refractivity contribution in [2.24, 2.45) is 5.10 Å². The molecule has 2 aromatic rings. The highest BCUT2D eigenvalue weighted by molar-refractivity contribution is 6.39. The molecule has 1 aliphatic rings. The highest BCUT2D eigenvalue weighted by Gasteiger charge is 2.32. The van der Waals surface area contributed by atoms with Gasteiger partial charge in [0, 0.05) is 13.0 Å². The first-order valence-electron chi connectivity index (χ1n) is 8.08. The summed E-state index contributed by atoms with van der Waals surface area (Å²) in [6, 6.07) is 19.9. The van der Waals surface area contributed by atoms with E-state index in [0.717, 1.165) is 11.3 Å². The fourth-order valence-corrected chi connectivity index (χ4v) is 2.74. The number of hydrogen-bond donors (Lipinski definition) is 2. The van der Waals surface area contributed by atoms with Crippen molar-refractivity contribution < 1.29 is 9.90 Å². The zero-order chi connectivity index (χ0) is 16.9. The second-order valence-corrected chi connectivity index (χ2v) is 5.92. The predicted octanol–water partition coefficient (Wildman–Crippen LogP) is 2.49. The molecular weight excluding hydrogens is 302 g/mol. The van der Waals surface area contributed by atoms with Crippen molar-refractivity contribution in [3.05, 3.63) is 66.2 Å². The molecule has 0 spiro atoms. The van der Waals surface area contributed by atoms with Crippen LogP contribution >= 0.6 is 0 Å². The Balaban J connectivity index is 1.86. The Morgan fingerprint density at radius 3 is 2.46 bits per heavy atom. The minimum atomic E-state index is -0.578. The summed E-state index contributed by atoms with van der Waals surface area (Å²) in [6.07, 6.45) is -0.0454. The van der Waals surface area contributed by atoms with E-state index in [1.54, 1.807) is 6.92 Å². The Bertz CT molecular complexity index is 714. The first-order valence-corrected chi connectivity index (χ1v) is 8.08. The molecule has 0 aliphatic carbocycles. The van der Waals surface area contributed by atoms with Gasteiger partial charge in [-0.25, -0.2) is 0 Å². The molecule has 2 atom stereocenters. The molecular formula is C19H21N3O2. The first kappa shape index (κ1) is 16.2. The summed E-state index contributed by atoms with van der Waals surface area (Å²) < 4.78 is 0. The van der Waals surface area contributed by atoms with Crippen molar-refractivity contribution in [3.63, 3.8) is 0 Å². The maximum atomic E-state index is 12.3. The Morgan fingerprint density at radius 2 is 1.83 bits per heavy atom. The van der Waals surface area contributed by atoms with Gasteiger partial charge < -0.3 is 10.4 Å². The van der Waals surface area contributed by atoms with Crippen LogP contribution in [0.3, 0.4) is 0 Å². The maximum Gasteiger partial charge on any atom is 0.267 e. The SMILES string of the molecule is CC(O)CNC(=O)C1=NN(c2ccccc2)C(c2ccccc2)C1. The minimum Gasteiger partial charge on any atom is -0.392 e. The van der Waals surface area contributed by atoms with Crippen LogP contribution < -0.4 is 10.3 Å². The molecule has 5 nitrogen and oxygen atoms in total. The number of rotatable bonds is 5. The number of carbonyl (C=O) groups is 1. The van der Waals surface area contributed by atoms with Gasteiger partial charge in [0.2, 0.25) is 0 Å². The summed E-state index contributed by atoms with van der Waals surface area (Å²) in [6.45, 7) is 1.86. The predicted molar refractivity (Wildman–Crippen MR) is 94.8 cm³/mol. The van der Waals surface area contributed by atoms with Crippen LogP contribution in [-0.2, 0) is 4.79 Å². The molecule has 0 radical (unpaired) electrons. The van der Waals surface area contributed by atoms with Crippen LogP contribution in [0.2, 0.25) is 0 Å². The monoisotopic (exact) mass is 323 g/mol. The third-order valence-electron chi connectivity index (χ3n) is 3.94. The Morgan fingerprint density at radius 1 is 1.21 bits per heavy atom. The van der Waals surface area contributed by atoms with E-state index in [0.29, 0.717) is 12.1 Å². The van der Waals surface area contributed by atoms with Crippen molar-refractivity contribution in [2.75, 3.05) is 11.6 Å². The maximum absolute atomic E-state index is 12.3. The molecule has 1 aliphatic heterocycles. The smallest absolute Gasteiger partial charge is 0.267 e. The number of hydrazone groups is 1. The average Bonchev–Trinajstić information content (AvgIpc) is 3.06. The van der Waals surface area contributed by atoms with E-state index in [1.165, 1.54) is 0 Å². The lowest BCUT2D eigenvalue weighted by Crippen LogP contribution is -2.35. The summed E-state index contributed by atoms with van der Waals surface area (Å²) in [5.41, 5.74) is 2.54. The number of amides is 1. The topological polar surface area (TPSA) is 64.9 Å². The van der Waals surface area contributed by atoms with E-state index < -0.39 is 6.10 Å². The van der Waals surface area contributed by atoms with Gasteiger partial charge in [-0.2, -0.15) is 5.10 Å². The summed E-state index contributed by atoms with van der Waals surface area (Å²) >= 11 is 0. The molecule has 124 valence electrons. The summed E-state index contributed by atoms with van der Waals surface area (Å²) in [4.78, 5) is 12.3. The van der Waals surface area contributed by atoms with E-state index in [-0.39, 0.29) is 18.5 Å². The molecule has 0 saturated carbocycles. The summed E-state index contributed by atoms with van der Waals surface area (Å²) in [5.74, 6) is -0.227. The second kappa shape index (κ2) is 7.27. The lowest BCUT2D eigenvalue weighted by Gasteiger charge is -2.23. The van der Waals surface area contributed by atoms with Crippen LogP contribution in [-0.4, -0.2) is 29.4 Å². The number of hydrogen-bond acceptors (Lipinski definition) is 4. The van der Waals surface area contributed by atoms with Gasteiger partial charge >= 0.3 is 0 Å². The number of para-hydroxylation sites is 1. The lowest BCUT2D eigenvalue weighted by molar-refractivity contribution is -0.115. The number of nitrogens with one attached hydrogen (secondary N) is 1. The Labute approximate surface area is 141 Å². The number of anilines is 1. The Hall–Kier alpha value is -2.66. The number of carbonyl (C=O) groups excluding carboxylic acids is 1. The van der Waals surface area contributed by atoms with Crippen LogP contribution in [0, 0.1) is 0 Å². The standard InChI is InChI=1S/C19H21N3O2/c1-14(23)13-20-19(24)17-12-18(15-8-4-2-5-9-15)22(21-17)16-10-6-3-7-11-16/h2-11,14,18,23H,12-13H2,1H3,(H,20,24). The molecule has 0 aromatic heterocycles. The fourth-order valence-electron chi connectivity index (χ4n) is 2.74. The number of benzene rings is 2. The molecule has 0 saturated heterocycles. The molecule has 24 heavy (non-hydrogen) atoms. The van der Waals surface area contributed by atoms with Crippen LogP contribution in [0.15, 0.2) is 65.8 Å². The highest BCUT2D eigenvalue weighted by atomic mass is 16.3. The van der Waals surface area contributed by atoms with Crippen molar-refractivity contribution in [1.82, 2.24) is 5.32 Å². The van der Waals surface area contributed by atoms with Crippen molar-refractivity contribution in [1.29, 1.82) is 0 Å². The lowest BCUT2D eigenvalue weighted by atomic mass is 10.0. The van der Waals surface area contributed by atoms with E-state index in [2.05, 4.69) is 10.4 Å². The van der Waals surface area contributed by atoms with Crippen LogP contribution in [0.4, 0.5) is 5.69 Å². The van der Waals surface area contributed by atoms with Gasteiger partial charge in [-0.3, -0.25) is 9.80 Å². The van der Waals surface area contributed by atoms with E-state index in [4.69, 9.17) is 0 Å². The van der Waals surface area contributed by atoms with Crippen molar-refractivity contribution in [3.8, 4) is 0 Å². The van der Waals surface area contributed by atoms with Crippen molar-refractivity contribution in [2.45, 2.75) is 25.5 Å². The molecule has 3 rings (SSSR count). The third-order valence-corrected chi connectivity index (χ3v) is 3.94. The molecule has 2 N–H and O–H groups in total. The van der Waals surface area contributed by atoms with Crippen LogP contribution in [0.5, 0.6) is 0 Å². The summed E-state index contributed by atoms with van der Waals surface area (Å²) in [7, 11) is 0. The number of aliphatic hydroxyl groups excluding tert-OH is 1. The summed E-state index contributed by atoms with van der Waals surface area (Å²) in [5, 5.41) is 18.5. The van der Waals surface area contributed by atoms with E-state index >= 15 is 0 Å². The normalized spacial score (nSPS) is 18.2. The van der Waals surface area contributed by atoms with Crippen LogP contribution in [0.1, 0.15) is 24.9 Å². The molecule has 1 amide bonds. The van der Waals surface area contributed by atoms with Gasteiger partial charge in [-0.15, -0.1) is 0 Å². The zero-order valence-corrected chi connectivity index (χ0v) is 13.6. The largest absolute Gasteiger partial charge is 0.392 e. The highest BCUT2D eigenvalue weighted by Crippen LogP contribution is 2.34. The third kappa shape index (κ3) is 3.63. The molecule has 5 heteroatoms. The van der Waals surface area contributed by atoms with Crippen molar-refractivity contribution >= 4 is 17.3 Å². The Kier molecular flexibility index (Phi) is 4.91. The zero-order valence-electron chi connectivity index (χ0n) is 13.6. The molecule has 0 fully saturated rings. The number of nitrogens with zero attached hydrogens (tertiary/aromatic N) is 2. The van der Waals surface area contributed by atoms with Crippen LogP contribution in [0.25, 0.3) is 0 Å². The van der Waals surface area contributed by atoms with Gasteiger partial charge in [-0.05, 0) is 24.6 Å². The molecule has 1 heterocycles. The fraction of sp³-hybridized carbons (Fsp3) is 0.263. The molecule has 2 unspecified atom stereocenters. The van der Waals surface area contributed by atoms with Gasteiger partial charge in [-0.1, -0.05) is 48.5 Å². The quantitative estimate of drug-likeness (QED) is 0.888. The minimum absolute atomic E-state index is 0.0131. The number of aliphatic hydroxyl groups is 1. The van der Waals surface area contributed by atoms with E-state index in [9.17, 15) is 9.90 Å². The van der Waals surface area contributed by atoms with Gasteiger partial charge in [0.1, 0.15) is 5.71 Å². The average molecular weight is 323 g/mol. The second-order valence-electron chi connectivity index (χ2n) is 5.92.